The van der Waals surface area contributed by atoms with Gasteiger partial charge in [0.25, 0.3) is 0 Å². The van der Waals surface area contributed by atoms with E-state index in [-0.39, 0.29) is 0 Å². The Bertz CT molecular complexity index is 758. The Balaban J connectivity index is 2.00. The summed E-state index contributed by atoms with van der Waals surface area (Å²) in [5.74, 6) is 0.844. The number of methoxy groups -OCH3 is 1. The molecule has 1 aromatic heterocycles. The van der Waals surface area contributed by atoms with Crippen molar-refractivity contribution < 1.29 is 4.74 Å². The minimum Gasteiger partial charge on any atom is -0.497 e. The van der Waals surface area contributed by atoms with Crippen LogP contribution in [0.25, 0.3) is 10.9 Å². The van der Waals surface area contributed by atoms with E-state index >= 15 is 0 Å². The number of nitrogens with zero attached hydrogens (tertiary/aromatic N) is 1. The molecule has 2 aromatic carbocycles. The lowest BCUT2D eigenvalue weighted by atomic mass is 10.2. The van der Waals surface area contributed by atoms with Crippen molar-refractivity contribution in [1.82, 2.24) is 4.98 Å². The maximum absolute atomic E-state index is 6.25. The summed E-state index contributed by atoms with van der Waals surface area (Å²) in [5.41, 5.74) is 7.93. The standard InChI is InChI=1S/C16H14N2OS/c1-19-11-4-2-5-12(10-11)20-15-8-7-14-13(16(15)17)6-3-9-18-14/h2-10H,17H2,1H3. The smallest absolute Gasteiger partial charge is 0.119 e. The van der Waals surface area contributed by atoms with E-state index in [0.29, 0.717) is 0 Å². The largest absolute Gasteiger partial charge is 0.497 e. The Morgan fingerprint density at radius 1 is 1.10 bits per heavy atom. The maximum atomic E-state index is 6.25. The summed E-state index contributed by atoms with van der Waals surface area (Å²) >= 11 is 1.63. The normalized spacial score (nSPS) is 10.7. The summed E-state index contributed by atoms with van der Waals surface area (Å²) in [4.78, 5) is 6.43. The van der Waals surface area contributed by atoms with Crippen molar-refractivity contribution in [2.75, 3.05) is 12.8 Å². The second kappa shape index (κ2) is 5.43. The molecule has 0 spiro atoms. The van der Waals surface area contributed by atoms with Crippen molar-refractivity contribution in [3.63, 3.8) is 0 Å². The second-order valence-electron chi connectivity index (χ2n) is 4.33. The highest BCUT2D eigenvalue weighted by Gasteiger charge is 2.07. The van der Waals surface area contributed by atoms with Crippen LogP contribution in [0.5, 0.6) is 5.75 Å². The van der Waals surface area contributed by atoms with Gasteiger partial charge >= 0.3 is 0 Å². The predicted molar refractivity (Wildman–Crippen MR) is 83.3 cm³/mol. The molecule has 0 amide bonds. The van der Waals surface area contributed by atoms with Gasteiger partial charge in [0.05, 0.1) is 18.3 Å². The molecule has 0 radical (unpaired) electrons. The number of hydrogen-bond acceptors (Lipinski definition) is 4. The fourth-order valence-electron chi connectivity index (χ4n) is 2.04. The quantitative estimate of drug-likeness (QED) is 0.738. The molecule has 0 unspecified atom stereocenters. The van der Waals surface area contributed by atoms with E-state index in [4.69, 9.17) is 10.5 Å². The number of rotatable bonds is 3. The molecule has 0 saturated carbocycles. The number of benzene rings is 2. The Hall–Kier alpha value is -2.20. The number of nitrogens with two attached hydrogens (primary N) is 1. The maximum Gasteiger partial charge on any atom is 0.119 e. The average Bonchev–Trinajstić information content (AvgIpc) is 2.50. The van der Waals surface area contributed by atoms with Crippen LogP contribution in [0, 0.1) is 0 Å². The van der Waals surface area contributed by atoms with E-state index < -0.39 is 0 Å². The fraction of sp³-hybridized carbons (Fsp3) is 0.0625. The summed E-state index contributed by atoms with van der Waals surface area (Å²) in [5, 5.41) is 0.986. The molecular weight excluding hydrogens is 268 g/mol. The van der Waals surface area contributed by atoms with Crippen LogP contribution in [0.1, 0.15) is 0 Å². The summed E-state index contributed by atoms with van der Waals surface area (Å²) in [7, 11) is 1.67. The topological polar surface area (TPSA) is 48.1 Å². The van der Waals surface area contributed by atoms with Gasteiger partial charge in [-0.2, -0.15) is 0 Å². The Morgan fingerprint density at radius 2 is 2.00 bits per heavy atom. The third-order valence-electron chi connectivity index (χ3n) is 3.06. The van der Waals surface area contributed by atoms with Gasteiger partial charge in [0, 0.05) is 21.4 Å². The van der Waals surface area contributed by atoms with Gasteiger partial charge in [-0.1, -0.05) is 17.8 Å². The second-order valence-corrected chi connectivity index (χ2v) is 5.44. The minimum atomic E-state index is 0.767. The Morgan fingerprint density at radius 3 is 2.85 bits per heavy atom. The lowest BCUT2D eigenvalue weighted by Gasteiger charge is -2.09. The van der Waals surface area contributed by atoms with Gasteiger partial charge in [0.15, 0.2) is 0 Å². The van der Waals surface area contributed by atoms with Gasteiger partial charge in [-0.25, -0.2) is 0 Å². The zero-order valence-corrected chi connectivity index (χ0v) is 11.9. The van der Waals surface area contributed by atoms with E-state index in [1.165, 1.54) is 0 Å². The number of ether oxygens (including phenoxy) is 1. The highest BCUT2D eigenvalue weighted by atomic mass is 32.2. The van der Waals surface area contributed by atoms with Gasteiger partial charge in [-0.05, 0) is 42.5 Å². The highest BCUT2D eigenvalue weighted by Crippen LogP contribution is 2.36. The summed E-state index contributed by atoms with van der Waals surface area (Å²) < 4.78 is 5.24. The number of fused-ring (bicyclic) bond motifs is 1. The summed E-state index contributed by atoms with van der Waals surface area (Å²) in [6.07, 6.45) is 1.77. The van der Waals surface area contributed by atoms with Crippen molar-refractivity contribution in [3.05, 3.63) is 54.7 Å². The van der Waals surface area contributed by atoms with E-state index in [1.807, 2.05) is 48.5 Å². The van der Waals surface area contributed by atoms with Gasteiger partial charge in [0.1, 0.15) is 5.75 Å². The lowest BCUT2D eigenvalue weighted by Crippen LogP contribution is -1.91. The first-order chi connectivity index (χ1) is 9.78. The number of anilines is 1. The van der Waals surface area contributed by atoms with Crippen LogP contribution in [-0.4, -0.2) is 12.1 Å². The molecule has 0 atom stereocenters. The minimum absolute atomic E-state index is 0.767. The van der Waals surface area contributed by atoms with Crippen molar-refractivity contribution in [1.29, 1.82) is 0 Å². The fourth-order valence-corrected chi connectivity index (χ4v) is 2.97. The van der Waals surface area contributed by atoms with Gasteiger partial charge in [0.2, 0.25) is 0 Å². The Kier molecular flexibility index (Phi) is 3.48. The zero-order valence-electron chi connectivity index (χ0n) is 11.0. The summed E-state index contributed by atoms with van der Waals surface area (Å²) in [6.45, 7) is 0. The molecule has 0 aliphatic rings. The van der Waals surface area contributed by atoms with Crippen LogP contribution in [0.4, 0.5) is 5.69 Å². The molecule has 0 saturated heterocycles. The molecule has 4 heteroatoms. The third kappa shape index (κ3) is 2.42. The van der Waals surface area contributed by atoms with Crippen LogP contribution in [0.2, 0.25) is 0 Å². The molecule has 100 valence electrons. The molecule has 3 rings (SSSR count). The van der Waals surface area contributed by atoms with E-state index in [1.54, 1.807) is 25.1 Å². The third-order valence-corrected chi connectivity index (χ3v) is 4.12. The van der Waals surface area contributed by atoms with Crippen molar-refractivity contribution in [2.24, 2.45) is 0 Å². The highest BCUT2D eigenvalue weighted by molar-refractivity contribution is 7.99. The van der Waals surface area contributed by atoms with Crippen molar-refractivity contribution in [3.8, 4) is 5.75 Å². The van der Waals surface area contributed by atoms with Crippen molar-refractivity contribution >= 4 is 28.4 Å². The van der Waals surface area contributed by atoms with E-state index in [9.17, 15) is 0 Å². The Labute approximate surface area is 121 Å². The molecule has 20 heavy (non-hydrogen) atoms. The molecule has 3 aromatic rings. The zero-order chi connectivity index (χ0) is 13.9. The molecule has 0 aliphatic heterocycles. The first-order valence-corrected chi connectivity index (χ1v) is 7.04. The molecule has 0 fully saturated rings. The van der Waals surface area contributed by atoms with Gasteiger partial charge < -0.3 is 10.5 Å². The van der Waals surface area contributed by atoms with Crippen molar-refractivity contribution in [2.45, 2.75) is 9.79 Å². The number of pyridine rings is 1. The van der Waals surface area contributed by atoms with E-state index in [2.05, 4.69) is 4.98 Å². The van der Waals surface area contributed by atoms with Crippen LogP contribution in [0.15, 0.2) is 64.5 Å². The SMILES string of the molecule is COc1cccc(Sc2ccc3ncccc3c2N)c1. The monoisotopic (exact) mass is 282 g/mol. The molecule has 2 N–H and O–H groups in total. The molecular formula is C16H14N2OS. The van der Waals surface area contributed by atoms with E-state index in [0.717, 1.165) is 32.1 Å². The molecule has 0 bridgehead atoms. The van der Waals surface area contributed by atoms with Crippen LogP contribution >= 0.6 is 11.8 Å². The van der Waals surface area contributed by atoms with Crippen LogP contribution < -0.4 is 10.5 Å². The first-order valence-electron chi connectivity index (χ1n) is 6.23. The molecule has 1 heterocycles. The first kappa shape index (κ1) is 12.8. The number of aromatic nitrogens is 1. The van der Waals surface area contributed by atoms with Crippen LogP contribution in [0.3, 0.4) is 0 Å². The number of hydrogen-bond donors (Lipinski definition) is 1. The van der Waals surface area contributed by atoms with Crippen LogP contribution in [-0.2, 0) is 0 Å². The summed E-state index contributed by atoms with van der Waals surface area (Å²) in [6, 6.07) is 15.8. The molecule has 3 nitrogen and oxygen atoms in total. The number of nitrogen functional groups attached to an aromatic ring is 1. The average molecular weight is 282 g/mol. The lowest BCUT2D eigenvalue weighted by molar-refractivity contribution is 0.413. The van der Waals surface area contributed by atoms with Gasteiger partial charge in [-0.15, -0.1) is 0 Å². The van der Waals surface area contributed by atoms with Gasteiger partial charge in [-0.3, -0.25) is 4.98 Å². The molecule has 0 aliphatic carbocycles. The predicted octanol–water partition coefficient (Wildman–Crippen LogP) is 3.98.